The molecule has 0 spiro atoms. The normalized spacial score (nSPS) is 17.3. The van der Waals surface area contributed by atoms with E-state index in [1.54, 1.807) is 0 Å². The zero-order valence-electron chi connectivity index (χ0n) is 37.3. The third-order valence-corrected chi connectivity index (χ3v) is 10.3. The number of aliphatic hydroxyl groups excluding tert-OH is 4. The molecule has 4 aromatic rings. The molecule has 340 valence electrons. The molecule has 2 aliphatic rings. The molecule has 6 rings (SSSR count). The van der Waals surface area contributed by atoms with E-state index >= 15 is 0 Å². The fourth-order valence-corrected chi connectivity index (χ4v) is 6.33. The number of hydrogen-bond acceptors (Lipinski definition) is 12. The lowest BCUT2D eigenvalue weighted by Crippen LogP contribution is -2.25. The van der Waals surface area contributed by atoms with Gasteiger partial charge in [0.25, 0.3) is 0 Å². The number of rotatable bonds is 20. The summed E-state index contributed by atoms with van der Waals surface area (Å²) in [6.07, 6.45) is 8.23. The van der Waals surface area contributed by atoms with Gasteiger partial charge < -0.3 is 58.3 Å². The van der Waals surface area contributed by atoms with Crippen molar-refractivity contribution in [2.75, 3.05) is 66.1 Å². The Kier molecular flexibility index (Phi) is 19.8. The SMILES string of the molecule is C#CCO.C#CCOCC(O)COc1ccc(C(C)(C)c2ccc(OCC(O)CO)cc2)cc1.CC1(C)OCC(COc2ccc(C(C)(C)c3ccc(OCC4CO4)cc3)cc2)O1. The number of ether oxygens (including phenoxy) is 8. The number of benzene rings is 4. The zero-order valence-corrected chi connectivity index (χ0v) is 37.3. The van der Waals surface area contributed by atoms with Gasteiger partial charge in [0.05, 0.1) is 26.4 Å². The molecule has 0 radical (unpaired) electrons. The molecular weight excluding hydrogens is 805 g/mol. The van der Waals surface area contributed by atoms with Crippen LogP contribution in [0.4, 0.5) is 0 Å². The van der Waals surface area contributed by atoms with Crippen molar-refractivity contribution in [2.24, 2.45) is 0 Å². The summed E-state index contributed by atoms with van der Waals surface area (Å²) >= 11 is 0. The summed E-state index contributed by atoms with van der Waals surface area (Å²) in [6.45, 7) is 15.0. The van der Waals surface area contributed by atoms with E-state index in [1.807, 2.05) is 92.6 Å². The highest BCUT2D eigenvalue weighted by Crippen LogP contribution is 2.35. The van der Waals surface area contributed by atoms with E-state index < -0.39 is 18.0 Å². The monoisotopic (exact) mass is 868 g/mol. The van der Waals surface area contributed by atoms with Crippen LogP contribution in [0.25, 0.3) is 0 Å². The van der Waals surface area contributed by atoms with Crippen LogP contribution >= 0.6 is 0 Å². The van der Waals surface area contributed by atoms with Crippen molar-refractivity contribution < 1.29 is 58.3 Å². The van der Waals surface area contributed by atoms with Gasteiger partial charge in [0, 0.05) is 10.8 Å². The average Bonchev–Trinajstić information content (AvgIpc) is 4.06. The van der Waals surface area contributed by atoms with E-state index in [-0.39, 0.29) is 62.7 Å². The van der Waals surface area contributed by atoms with Crippen molar-refractivity contribution in [2.45, 2.75) is 82.6 Å². The van der Waals surface area contributed by atoms with Gasteiger partial charge in [-0.25, -0.2) is 0 Å². The smallest absolute Gasteiger partial charge is 0.163 e. The van der Waals surface area contributed by atoms with Crippen molar-refractivity contribution in [3.63, 3.8) is 0 Å². The van der Waals surface area contributed by atoms with Crippen LogP contribution in [0.1, 0.15) is 63.8 Å². The standard InChI is InChI=1S/C24H30O6.C24H30O5.C3H4O/c1-4-13-28-15-21(27)17-30-23-11-7-19(8-12-23)24(2,3)18-5-9-22(10-6-18)29-16-20(26)14-25;1-23(2,17-5-9-19(10-6-17)25-13-21-14-27-21)18-7-11-20(12-8-18)26-15-22-16-28-24(3,4)29-22;1-2-3-4/h1,5-12,20-21,25-27H,13-17H2,2-3H3;5-12,21-22H,13-16H2,1-4H3;1,4H,3H2. The Balaban J connectivity index is 0.000000255. The first kappa shape index (κ1) is 50.5. The molecule has 4 N–H and O–H groups in total. The maximum atomic E-state index is 9.82. The molecule has 2 aliphatic heterocycles. The van der Waals surface area contributed by atoms with Crippen molar-refractivity contribution in [1.82, 2.24) is 0 Å². The maximum absolute atomic E-state index is 9.82. The lowest BCUT2D eigenvalue weighted by molar-refractivity contribution is -0.141. The minimum absolute atomic E-state index is 0.0340. The first-order valence-electron chi connectivity index (χ1n) is 21.0. The minimum Gasteiger partial charge on any atom is -0.491 e. The molecule has 63 heavy (non-hydrogen) atoms. The van der Waals surface area contributed by atoms with Crippen LogP contribution in [-0.2, 0) is 29.8 Å². The summed E-state index contributed by atoms with van der Waals surface area (Å²) in [6, 6.07) is 32.0. The molecule has 4 aromatic carbocycles. The van der Waals surface area contributed by atoms with Crippen molar-refractivity contribution in [1.29, 1.82) is 0 Å². The molecule has 0 aliphatic carbocycles. The van der Waals surface area contributed by atoms with E-state index in [2.05, 4.69) is 64.3 Å². The second-order valence-corrected chi connectivity index (χ2v) is 16.6. The van der Waals surface area contributed by atoms with Gasteiger partial charge in [-0.1, -0.05) is 88.1 Å². The van der Waals surface area contributed by atoms with Gasteiger partial charge in [-0.15, -0.1) is 12.8 Å². The Morgan fingerprint density at radius 1 is 0.603 bits per heavy atom. The summed E-state index contributed by atoms with van der Waals surface area (Å²) in [5, 5.41) is 35.7. The van der Waals surface area contributed by atoms with Crippen molar-refractivity contribution >= 4 is 0 Å². The highest BCUT2D eigenvalue weighted by Gasteiger charge is 2.33. The minimum atomic E-state index is -0.890. The third-order valence-electron chi connectivity index (χ3n) is 10.3. The maximum Gasteiger partial charge on any atom is 0.163 e. The quantitative estimate of drug-likeness (QED) is 0.0463. The third kappa shape index (κ3) is 16.8. The van der Waals surface area contributed by atoms with Crippen LogP contribution in [0.5, 0.6) is 23.0 Å². The largest absolute Gasteiger partial charge is 0.491 e. The van der Waals surface area contributed by atoms with Crippen LogP contribution < -0.4 is 18.9 Å². The summed E-state index contributed by atoms with van der Waals surface area (Å²) < 4.78 is 44.3. The van der Waals surface area contributed by atoms with Crippen LogP contribution in [0, 0.1) is 24.7 Å². The highest BCUT2D eigenvalue weighted by molar-refractivity contribution is 5.43. The number of epoxide rings is 1. The van der Waals surface area contributed by atoms with E-state index in [0.29, 0.717) is 31.3 Å². The van der Waals surface area contributed by atoms with Crippen molar-refractivity contribution in [3.8, 4) is 47.7 Å². The average molecular weight is 869 g/mol. The van der Waals surface area contributed by atoms with E-state index in [9.17, 15) is 10.2 Å². The van der Waals surface area contributed by atoms with Crippen LogP contribution in [0.2, 0.25) is 0 Å². The van der Waals surface area contributed by atoms with E-state index in [4.69, 9.17) is 54.5 Å². The molecule has 12 heteroatoms. The Hall–Kier alpha value is -5.12. The molecule has 2 saturated heterocycles. The Morgan fingerprint density at radius 3 is 1.32 bits per heavy atom. The van der Waals surface area contributed by atoms with Gasteiger partial charge in [0.1, 0.15) is 87.1 Å². The predicted octanol–water partition coefficient (Wildman–Crippen LogP) is 6.07. The van der Waals surface area contributed by atoms with E-state index in [0.717, 1.165) is 29.2 Å². The molecule has 12 nitrogen and oxygen atoms in total. The van der Waals surface area contributed by atoms with Gasteiger partial charge in [0.2, 0.25) is 0 Å². The number of hydrogen-bond donors (Lipinski definition) is 4. The molecule has 0 bridgehead atoms. The first-order valence-corrected chi connectivity index (χ1v) is 21.0. The predicted molar refractivity (Wildman–Crippen MR) is 241 cm³/mol. The number of terminal acetylenes is 2. The molecule has 0 amide bonds. The van der Waals surface area contributed by atoms with E-state index in [1.165, 1.54) is 11.1 Å². The Bertz CT molecular complexity index is 1990. The molecule has 0 aromatic heterocycles. The molecule has 4 unspecified atom stereocenters. The molecule has 2 heterocycles. The summed E-state index contributed by atoms with van der Waals surface area (Å²) in [4.78, 5) is 0. The Labute approximate surface area is 373 Å². The number of aliphatic hydroxyl groups is 4. The topological polar surface area (TPSA) is 158 Å². The van der Waals surface area contributed by atoms with Crippen molar-refractivity contribution in [3.05, 3.63) is 119 Å². The van der Waals surface area contributed by atoms with Gasteiger partial charge in [-0.05, 0) is 84.6 Å². The van der Waals surface area contributed by atoms with Gasteiger partial charge in [-0.3, -0.25) is 0 Å². The second-order valence-electron chi connectivity index (χ2n) is 16.6. The van der Waals surface area contributed by atoms with Gasteiger partial charge in [0.15, 0.2) is 5.79 Å². The summed E-state index contributed by atoms with van der Waals surface area (Å²) in [7, 11) is 0. The second kappa shape index (κ2) is 24.7. The van der Waals surface area contributed by atoms with Gasteiger partial charge >= 0.3 is 0 Å². The molecule has 4 atom stereocenters. The van der Waals surface area contributed by atoms with Crippen LogP contribution in [0.3, 0.4) is 0 Å². The van der Waals surface area contributed by atoms with Crippen LogP contribution in [0.15, 0.2) is 97.1 Å². The molecule has 2 fully saturated rings. The van der Waals surface area contributed by atoms with Crippen LogP contribution in [-0.4, -0.2) is 117 Å². The Morgan fingerprint density at radius 2 is 0.984 bits per heavy atom. The fourth-order valence-electron chi connectivity index (χ4n) is 6.33. The molecular formula is C51H64O12. The lowest BCUT2D eigenvalue weighted by atomic mass is 9.78. The summed E-state index contributed by atoms with van der Waals surface area (Å²) in [5.41, 5.74) is 4.31. The fraction of sp³-hybridized carbons (Fsp3) is 0.451. The summed E-state index contributed by atoms with van der Waals surface area (Å²) in [5.74, 6) is 6.83. The van der Waals surface area contributed by atoms with Gasteiger partial charge in [-0.2, -0.15) is 0 Å². The molecule has 0 saturated carbocycles. The lowest BCUT2D eigenvalue weighted by Gasteiger charge is -2.26. The first-order chi connectivity index (χ1) is 30.1. The highest BCUT2D eigenvalue weighted by atomic mass is 16.7. The zero-order chi connectivity index (χ0) is 45.9.